The van der Waals surface area contributed by atoms with E-state index in [2.05, 4.69) is 5.32 Å². The highest BCUT2D eigenvalue weighted by Gasteiger charge is 2.29. The Balaban J connectivity index is 1.62. The molecule has 3 amide bonds. The van der Waals surface area contributed by atoms with Crippen molar-refractivity contribution in [1.82, 2.24) is 9.80 Å². The maximum atomic E-state index is 12.7. The minimum atomic E-state index is -0.151. The molecule has 2 heterocycles. The lowest BCUT2D eigenvalue weighted by molar-refractivity contribution is -0.127. The van der Waals surface area contributed by atoms with Gasteiger partial charge in [0.25, 0.3) is 0 Å². The molecule has 2 saturated heterocycles. The van der Waals surface area contributed by atoms with Gasteiger partial charge in [0.15, 0.2) is 0 Å². The van der Waals surface area contributed by atoms with Gasteiger partial charge in [0.2, 0.25) is 5.91 Å². The van der Waals surface area contributed by atoms with Crippen molar-refractivity contribution in [2.24, 2.45) is 0 Å². The molecular formula is C18H23Cl2N3O2. The predicted molar refractivity (Wildman–Crippen MR) is 100 cm³/mol. The minimum Gasteiger partial charge on any atom is -0.343 e. The quantitative estimate of drug-likeness (QED) is 0.837. The molecule has 25 heavy (non-hydrogen) atoms. The van der Waals surface area contributed by atoms with Crippen LogP contribution < -0.4 is 5.32 Å². The summed E-state index contributed by atoms with van der Waals surface area (Å²) in [6.45, 7) is 2.30. The molecule has 0 unspecified atom stereocenters. The highest BCUT2D eigenvalue weighted by molar-refractivity contribution is 6.43. The molecule has 5 nitrogen and oxygen atoms in total. The third kappa shape index (κ3) is 4.39. The van der Waals surface area contributed by atoms with Gasteiger partial charge in [-0.25, -0.2) is 4.79 Å². The molecule has 0 bridgehead atoms. The van der Waals surface area contributed by atoms with Gasteiger partial charge in [-0.15, -0.1) is 0 Å². The molecule has 136 valence electrons. The summed E-state index contributed by atoms with van der Waals surface area (Å²) in [5.41, 5.74) is 0.526. The molecule has 0 spiro atoms. The van der Waals surface area contributed by atoms with Crippen LogP contribution in [0.4, 0.5) is 10.5 Å². The van der Waals surface area contributed by atoms with Gasteiger partial charge in [0.05, 0.1) is 15.7 Å². The summed E-state index contributed by atoms with van der Waals surface area (Å²) in [6, 6.07) is 5.20. The number of likely N-dealkylation sites (tertiary alicyclic amines) is 2. The van der Waals surface area contributed by atoms with Gasteiger partial charge in [-0.3, -0.25) is 4.79 Å². The zero-order valence-corrected chi connectivity index (χ0v) is 15.7. The lowest BCUT2D eigenvalue weighted by Gasteiger charge is -2.36. The number of rotatable bonds is 4. The summed E-state index contributed by atoms with van der Waals surface area (Å²) in [6.07, 6.45) is 5.50. The first kappa shape index (κ1) is 18.3. The van der Waals surface area contributed by atoms with Crippen LogP contribution in [0.2, 0.25) is 10.0 Å². The average molecular weight is 384 g/mol. The standard InChI is InChI=1S/C18H23Cl2N3O2/c19-14-6-3-7-15(17(14)20)21-18(25)23-11-2-1-5-13(23)9-12-22-10-4-8-16(22)24/h3,6-7,13H,1-2,4-5,8-12H2,(H,21,25)/t13-/m1/s1. The first-order valence-corrected chi connectivity index (χ1v) is 9.61. The van der Waals surface area contributed by atoms with Crippen LogP contribution in [0.15, 0.2) is 18.2 Å². The molecular weight excluding hydrogens is 361 g/mol. The molecule has 2 aliphatic rings. The third-order valence-electron chi connectivity index (χ3n) is 4.98. The Morgan fingerprint density at radius 3 is 2.80 bits per heavy atom. The van der Waals surface area contributed by atoms with Crippen molar-refractivity contribution < 1.29 is 9.59 Å². The molecule has 1 N–H and O–H groups in total. The number of halogens is 2. The van der Waals surface area contributed by atoms with E-state index in [1.165, 1.54) is 0 Å². The lowest BCUT2D eigenvalue weighted by atomic mass is 9.99. The molecule has 7 heteroatoms. The van der Waals surface area contributed by atoms with Crippen molar-refractivity contribution in [3.05, 3.63) is 28.2 Å². The molecule has 3 rings (SSSR count). The molecule has 0 aliphatic carbocycles. The van der Waals surface area contributed by atoms with Crippen LogP contribution in [0.1, 0.15) is 38.5 Å². The first-order chi connectivity index (χ1) is 12.1. The van der Waals surface area contributed by atoms with Gasteiger partial charge >= 0.3 is 6.03 Å². The van der Waals surface area contributed by atoms with Crippen LogP contribution in [0, 0.1) is 0 Å². The van der Waals surface area contributed by atoms with E-state index < -0.39 is 0 Å². The van der Waals surface area contributed by atoms with Crippen LogP contribution in [-0.4, -0.2) is 47.4 Å². The normalized spacial score (nSPS) is 20.9. The average Bonchev–Trinajstić information content (AvgIpc) is 3.02. The topological polar surface area (TPSA) is 52.7 Å². The number of amides is 3. The van der Waals surface area contributed by atoms with E-state index in [-0.39, 0.29) is 18.0 Å². The largest absolute Gasteiger partial charge is 0.343 e. The van der Waals surface area contributed by atoms with Gasteiger partial charge in [-0.1, -0.05) is 29.3 Å². The van der Waals surface area contributed by atoms with Crippen molar-refractivity contribution in [3.8, 4) is 0 Å². The Labute approximate surface area is 158 Å². The molecule has 0 radical (unpaired) electrons. The van der Waals surface area contributed by atoms with E-state index in [0.29, 0.717) is 22.2 Å². The van der Waals surface area contributed by atoms with Crippen molar-refractivity contribution in [2.45, 2.75) is 44.6 Å². The van der Waals surface area contributed by atoms with Crippen LogP contribution in [0.5, 0.6) is 0 Å². The second-order valence-electron chi connectivity index (χ2n) is 6.65. The van der Waals surface area contributed by atoms with Gasteiger partial charge in [-0.05, 0) is 44.2 Å². The monoisotopic (exact) mass is 383 g/mol. The zero-order chi connectivity index (χ0) is 17.8. The fraction of sp³-hybridized carbons (Fsp3) is 0.556. The smallest absolute Gasteiger partial charge is 0.322 e. The summed E-state index contributed by atoms with van der Waals surface area (Å²) >= 11 is 12.2. The Hall–Kier alpha value is -1.46. The first-order valence-electron chi connectivity index (χ1n) is 8.85. The van der Waals surface area contributed by atoms with Crippen LogP contribution in [-0.2, 0) is 4.79 Å². The number of benzene rings is 1. The van der Waals surface area contributed by atoms with E-state index in [0.717, 1.165) is 51.7 Å². The molecule has 2 fully saturated rings. The third-order valence-corrected chi connectivity index (χ3v) is 5.80. The minimum absolute atomic E-state index is 0.151. The fourth-order valence-electron chi connectivity index (χ4n) is 3.60. The highest BCUT2D eigenvalue weighted by Crippen LogP contribution is 2.30. The Morgan fingerprint density at radius 1 is 1.20 bits per heavy atom. The number of carbonyl (C=O) groups excluding carboxylic acids is 2. The molecule has 0 aromatic heterocycles. The number of hydrogen-bond acceptors (Lipinski definition) is 2. The van der Waals surface area contributed by atoms with Crippen LogP contribution >= 0.6 is 23.2 Å². The number of urea groups is 1. The number of nitrogens with one attached hydrogen (secondary N) is 1. The van der Waals surface area contributed by atoms with Crippen molar-refractivity contribution >= 4 is 40.8 Å². The van der Waals surface area contributed by atoms with E-state index in [1.807, 2.05) is 9.80 Å². The molecule has 1 aromatic carbocycles. The van der Waals surface area contributed by atoms with Crippen molar-refractivity contribution in [3.63, 3.8) is 0 Å². The predicted octanol–water partition coefficient (Wildman–Crippen LogP) is 4.39. The summed E-state index contributed by atoms with van der Waals surface area (Å²) in [5, 5.41) is 3.65. The summed E-state index contributed by atoms with van der Waals surface area (Å²) < 4.78 is 0. The summed E-state index contributed by atoms with van der Waals surface area (Å²) in [7, 11) is 0. The van der Waals surface area contributed by atoms with E-state index in [4.69, 9.17) is 23.2 Å². The second-order valence-corrected chi connectivity index (χ2v) is 7.43. The Morgan fingerprint density at radius 2 is 2.04 bits per heavy atom. The summed E-state index contributed by atoms with van der Waals surface area (Å²) in [5.74, 6) is 0.234. The Bertz CT molecular complexity index is 653. The van der Waals surface area contributed by atoms with Gasteiger partial charge < -0.3 is 15.1 Å². The molecule has 2 aliphatic heterocycles. The van der Waals surface area contributed by atoms with Gasteiger partial charge in [-0.2, -0.15) is 0 Å². The number of nitrogens with zero attached hydrogens (tertiary/aromatic N) is 2. The number of hydrogen-bond donors (Lipinski definition) is 1. The lowest BCUT2D eigenvalue weighted by Crippen LogP contribution is -2.47. The maximum absolute atomic E-state index is 12.7. The van der Waals surface area contributed by atoms with E-state index >= 15 is 0 Å². The number of piperidine rings is 1. The maximum Gasteiger partial charge on any atom is 0.322 e. The fourth-order valence-corrected chi connectivity index (χ4v) is 3.95. The SMILES string of the molecule is O=C1CCCN1CC[C@H]1CCCCN1C(=O)Nc1cccc(Cl)c1Cl. The van der Waals surface area contributed by atoms with Crippen LogP contribution in [0.25, 0.3) is 0 Å². The zero-order valence-electron chi connectivity index (χ0n) is 14.1. The number of anilines is 1. The molecule has 1 aromatic rings. The van der Waals surface area contributed by atoms with Gasteiger partial charge in [0.1, 0.15) is 0 Å². The van der Waals surface area contributed by atoms with Gasteiger partial charge in [0, 0.05) is 32.1 Å². The van der Waals surface area contributed by atoms with E-state index in [1.54, 1.807) is 18.2 Å². The highest BCUT2D eigenvalue weighted by atomic mass is 35.5. The molecule has 0 saturated carbocycles. The Kier molecular flexibility index (Phi) is 6.07. The number of carbonyl (C=O) groups is 2. The van der Waals surface area contributed by atoms with Crippen molar-refractivity contribution in [2.75, 3.05) is 25.0 Å². The second kappa shape index (κ2) is 8.28. The van der Waals surface area contributed by atoms with Crippen LogP contribution in [0.3, 0.4) is 0 Å². The summed E-state index contributed by atoms with van der Waals surface area (Å²) in [4.78, 5) is 28.3. The molecule has 1 atom stereocenters. The van der Waals surface area contributed by atoms with Crippen molar-refractivity contribution in [1.29, 1.82) is 0 Å². The van der Waals surface area contributed by atoms with E-state index in [9.17, 15) is 9.59 Å².